The van der Waals surface area contributed by atoms with Gasteiger partial charge in [-0.3, -0.25) is 9.36 Å². The second kappa shape index (κ2) is 5.46. The monoisotopic (exact) mass is 284 g/mol. The van der Waals surface area contributed by atoms with Gasteiger partial charge in [0.05, 0.1) is 0 Å². The van der Waals surface area contributed by atoms with Gasteiger partial charge in [-0.05, 0) is 0 Å². The largest absolute Gasteiger partial charge is 0.433 e. The number of ether oxygens (including phenoxy) is 1. The van der Waals surface area contributed by atoms with E-state index >= 15 is 0 Å². The van der Waals surface area contributed by atoms with Crippen LogP contribution in [0.5, 0.6) is 0 Å². The Kier molecular flexibility index (Phi) is 3.89. The molecule has 0 aliphatic carbocycles. The molecule has 1 heterocycles. The maximum absolute atomic E-state index is 12.7. The van der Waals surface area contributed by atoms with Gasteiger partial charge in [0, 0.05) is 18.7 Å². The Bertz CT molecular complexity index is 651. The average Bonchev–Trinajstić information content (AvgIpc) is 2.41. The summed E-state index contributed by atoms with van der Waals surface area (Å²) in [6.45, 7) is -0.172. The topological polar surface area (TPSA) is 44.1 Å². The standard InChI is InChI=1S/C13H11F3N2O2/c1-20-8-18-11(19)7-10(13(14,15)16)17-12(18)9-5-3-2-4-6-9/h2-7H,8H2,1H3. The number of benzene rings is 1. The predicted octanol–water partition coefficient (Wildman–Crippen LogP) is 2.53. The van der Waals surface area contributed by atoms with E-state index < -0.39 is 17.4 Å². The van der Waals surface area contributed by atoms with Crippen molar-refractivity contribution >= 4 is 0 Å². The van der Waals surface area contributed by atoms with Crippen LogP contribution in [0.2, 0.25) is 0 Å². The van der Waals surface area contributed by atoms with Crippen molar-refractivity contribution in [2.45, 2.75) is 12.9 Å². The fourth-order valence-corrected chi connectivity index (χ4v) is 1.71. The van der Waals surface area contributed by atoms with Crippen LogP contribution in [0, 0.1) is 0 Å². The number of alkyl halides is 3. The minimum absolute atomic E-state index is 0.0766. The van der Waals surface area contributed by atoms with Crippen molar-refractivity contribution in [2.24, 2.45) is 0 Å². The molecule has 1 aromatic carbocycles. The number of aromatic nitrogens is 2. The van der Waals surface area contributed by atoms with Crippen LogP contribution in [0.15, 0.2) is 41.2 Å². The highest BCUT2D eigenvalue weighted by atomic mass is 19.4. The lowest BCUT2D eigenvalue weighted by atomic mass is 10.2. The summed E-state index contributed by atoms with van der Waals surface area (Å²) in [5.74, 6) is -0.0766. The van der Waals surface area contributed by atoms with E-state index in [9.17, 15) is 18.0 Å². The summed E-state index contributed by atoms with van der Waals surface area (Å²) in [6, 6.07) is 8.64. The lowest BCUT2D eigenvalue weighted by Gasteiger charge is -2.14. The third kappa shape index (κ3) is 2.88. The van der Waals surface area contributed by atoms with E-state index in [0.29, 0.717) is 11.6 Å². The van der Waals surface area contributed by atoms with Crippen LogP contribution in [0.3, 0.4) is 0 Å². The smallest absolute Gasteiger partial charge is 0.364 e. The first kappa shape index (κ1) is 14.3. The number of hydrogen-bond acceptors (Lipinski definition) is 3. The molecule has 0 unspecified atom stereocenters. The zero-order valence-corrected chi connectivity index (χ0v) is 10.5. The number of methoxy groups -OCH3 is 1. The molecule has 0 amide bonds. The summed E-state index contributed by atoms with van der Waals surface area (Å²) >= 11 is 0. The van der Waals surface area contributed by atoms with E-state index in [-0.39, 0.29) is 12.6 Å². The zero-order chi connectivity index (χ0) is 14.8. The fourth-order valence-electron chi connectivity index (χ4n) is 1.71. The normalized spacial score (nSPS) is 11.6. The second-order valence-electron chi connectivity index (χ2n) is 4.01. The van der Waals surface area contributed by atoms with Crippen LogP contribution < -0.4 is 5.56 Å². The second-order valence-corrected chi connectivity index (χ2v) is 4.01. The van der Waals surface area contributed by atoms with Gasteiger partial charge in [-0.2, -0.15) is 13.2 Å². The van der Waals surface area contributed by atoms with Crippen LogP contribution in [0.4, 0.5) is 13.2 Å². The highest BCUT2D eigenvalue weighted by molar-refractivity contribution is 5.55. The molecular weight excluding hydrogens is 273 g/mol. The molecule has 0 radical (unpaired) electrons. The third-order valence-corrected chi connectivity index (χ3v) is 2.59. The fraction of sp³-hybridized carbons (Fsp3) is 0.231. The van der Waals surface area contributed by atoms with Crippen molar-refractivity contribution in [3.05, 3.63) is 52.4 Å². The molecule has 106 valence electrons. The van der Waals surface area contributed by atoms with Gasteiger partial charge in [-0.25, -0.2) is 4.98 Å². The Balaban J connectivity index is 2.69. The minimum atomic E-state index is -4.67. The van der Waals surface area contributed by atoms with Gasteiger partial charge in [-0.15, -0.1) is 0 Å². The number of hydrogen-bond donors (Lipinski definition) is 0. The minimum Gasteiger partial charge on any atom is -0.364 e. The predicted molar refractivity (Wildman–Crippen MR) is 65.9 cm³/mol. The van der Waals surface area contributed by atoms with Gasteiger partial charge < -0.3 is 4.74 Å². The summed E-state index contributed by atoms with van der Waals surface area (Å²) in [7, 11) is 1.35. The summed E-state index contributed by atoms with van der Waals surface area (Å²) in [4.78, 5) is 15.4. The highest BCUT2D eigenvalue weighted by Gasteiger charge is 2.34. The first-order valence-corrected chi connectivity index (χ1v) is 5.67. The summed E-state index contributed by atoms with van der Waals surface area (Å²) in [5.41, 5.74) is -1.62. The van der Waals surface area contributed by atoms with Crippen molar-refractivity contribution < 1.29 is 17.9 Å². The van der Waals surface area contributed by atoms with Crippen molar-refractivity contribution in [3.63, 3.8) is 0 Å². The van der Waals surface area contributed by atoms with Crippen molar-refractivity contribution in [3.8, 4) is 11.4 Å². The van der Waals surface area contributed by atoms with Crippen LogP contribution in [-0.2, 0) is 17.6 Å². The van der Waals surface area contributed by atoms with Gasteiger partial charge in [-0.1, -0.05) is 30.3 Å². The molecule has 1 aromatic heterocycles. The lowest BCUT2D eigenvalue weighted by Crippen LogP contribution is -2.26. The SMILES string of the molecule is COCn1c(-c2ccccc2)nc(C(F)(F)F)cc1=O. The molecule has 0 aliphatic rings. The number of nitrogens with zero attached hydrogens (tertiary/aromatic N) is 2. The van der Waals surface area contributed by atoms with E-state index in [1.807, 2.05) is 0 Å². The average molecular weight is 284 g/mol. The first-order valence-electron chi connectivity index (χ1n) is 5.67. The molecule has 4 nitrogen and oxygen atoms in total. The molecule has 7 heteroatoms. The van der Waals surface area contributed by atoms with Crippen LogP contribution in [0.25, 0.3) is 11.4 Å². The molecule has 0 bridgehead atoms. The van der Waals surface area contributed by atoms with Crippen LogP contribution in [-0.4, -0.2) is 16.7 Å². The Morgan fingerprint density at radius 1 is 1.25 bits per heavy atom. The lowest BCUT2D eigenvalue weighted by molar-refractivity contribution is -0.141. The van der Waals surface area contributed by atoms with E-state index in [2.05, 4.69) is 4.98 Å². The van der Waals surface area contributed by atoms with Crippen molar-refractivity contribution in [2.75, 3.05) is 7.11 Å². The molecule has 0 saturated heterocycles. The Hall–Kier alpha value is -2.15. The Morgan fingerprint density at radius 3 is 2.45 bits per heavy atom. The molecule has 0 N–H and O–H groups in total. The van der Waals surface area contributed by atoms with E-state index in [4.69, 9.17) is 4.74 Å². The van der Waals surface area contributed by atoms with Crippen molar-refractivity contribution in [1.82, 2.24) is 9.55 Å². The van der Waals surface area contributed by atoms with Crippen LogP contribution in [0.1, 0.15) is 5.69 Å². The highest BCUT2D eigenvalue weighted by Crippen LogP contribution is 2.28. The molecule has 0 atom stereocenters. The summed E-state index contributed by atoms with van der Waals surface area (Å²) in [6.07, 6.45) is -4.67. The maximum Gasteiger partial charge on any atom is 0.433 e. The van der Waals surface area contributed by atoms with Gasteiger partial charge in [0.2, 0.25) is 0 Å². The Labute approximate surface area is 112 Å². The number of rotatable bonds is 3. The quantitative estimate of drug-likeness (QED) is 0.870. The first-order chi connectivity index (χ1) is 9.43. The van der Waals surface area contributed by atoms with Gasteiger partial charge >= 0.3 is 6.18 Å². The third-order valence-electron chi connectivity index (χ3n) is 2.59. The van der Waals surface area contributed by atoms with E-state index in [1.165, 1.54) is 7.11 Å². The maximum atomic E-state index is 12.7. The van der Waals surface area contributed by atoms with E-state index in [1.54, 1.807) is 30.3 Å². The summed E-state index contributed by atoms with van der Waals surface area (Å²) in [5, 5.41) is 0. The molecule has 0 saturated carbocycles. The molecule has 20 heavy (non-hydrogen) atoms. The van der Waals surface area contributed by atoms with Crippen molar-refractivity contribution in [1.29, 1.82) is 0 Å². The van der Waals surface area contributed by atoms with Crippen LogP contribution >= 0.6 is 0 Å². The molecule has 0 fully saturated rings. The zero-order valence-electron chi connectivity index (χ0n) is 10.5. The van der Waals surface area contributed by atoms with Gasteiger partial charge in [0.1, 0.15) is 12.6 Å². The van der Waals surface area contributed by atoms with Gasteiger partial charge in [0.15, 0.2) is 5.69 Å². The summed E-state index contributed by atoms with van der Waals surface area (Å²) < 4.78 is 44.1. The molecule has 0 spiro atoms. The molecule has 2 rings (SSSR count). The Morgan fingerprint density at radius 2 is 1.90 bits per heavy atom. The van der Waals surface area contributed by atoms with Gasteiger partial charge in [0.25, 0.3) is 5.56 Å². The molecular formula is C13H11F3N2O2. The van der Waals surface area contributed by atoms with E-state index in [0.717, 1.165) is 4.57 Å². The number of halogens is 3. The molecule has 2 aromatic rings. The molecule has 0 aliphatic heterocycles.